The van der Waals surface area contributed by atoms with Crippen molar-refractivity contribution in [2.45, 2.75) is 17.7 Å². The van der Waals surface area contributed by atoms with Crippen molar-refractivity contribution in [1.29, 1.82) is 0 Å². The van der Waals surface area contributed by atoms with Crippen LogP contribution < -0.4 is 4.74 Å². The van der Waals surface area contributed by atoms with Crippen LogP contribution in [-0.4, -0.2) is 44.9 Å². The monoisotopic (exact) mass is 389 g/mol. The van der Waals surface area contributed by atoms with Crippen molar-refractivity contribution in [2.75, 3.05) is 20.2 Å². The van der Waals surface area contributed by atoms with Crippen LogP contribution in [0.25, 0.3) is 0 Å². The zero-order chi connectivity index (χ0) is 19.4. The maximum Gasteiger partial charge on any atom is 0.343 e. The fraction of sp³-hybridized carbons (Fsp3) is 0.263. The zero-order valence-corrected chi connectivity index (χ0v) is 15.6. The fourth-order valence-electron chi connectivity index (χ4n) is 2.83. The molecule has 1 saturated heterocycles. The zero-order valence-electron chi connectivity index (χ0n) is 14.8. The largest absolute Gasteiger partial charge is 0.465 e. The molecule has 8 heteroatoms. The van der Waals surface area contributed by atoms with Gasteiger partial charge in [0.05, 0.1) is 23.1 Å². The van der Waals surface area contributed by atoms with Gasteiger partial charge in [0, 0.05) is 13.1 Å². The maximum atomic E-state index is 12.6. The number of hydrogen-bond acceptors (Lipinski definition) is 6. The standard InChI is InChI=1S/C19H19NO6S/c1-25-18(21)14-6-4-8-16(12-14)26-19(22)15-7-5-9-17(13-15)27(23,24)20-10-2-3-11-20/h4-9,12-13H,2-3,10-11H2,1H3. The topological polar surface area (TPSA) is 90.0 Å². The Morgan fingerprint density at radius 2 is 1.56 bits per heavy atom. The van der Waals surface area contributed by atoms with E-state index in [4.69, 9.17) is 4.74 Å². The summed E-state index contributed by atoms with van der Waals surface area (Å²) in [6, 6.07) is 11.8. The molecule has 0 radical (unpaired) electrons. The SMILES string of the molecule is COC(=O)c1cccc(OC(=O)c2cccc(S(=O)(=O)N3CCCC3)c2)c1. The maximum absolute atomic E-state index is 12.6. The molecule has 2 aromatic rings. The Bertz CT molecular complexity index is 964. The van der Waals surface area contributed by atoms with Crippen molar-refractivity contribution < 1.29 is 27.5 Å². The number of hydrogen-bond donors (Lipinski definition) is 0. The van der Waals surface area contributed by atoms with E-state index >= 15 is 0 Å². The lowest BCUT2D eigenvalue weighted by molar-refractivity contribution is 0.0597. The average Bonchev–Trinajstić information content (AvgIpc) is 3.23. The van der Waals surface area contributed by atoms with Gasteiger partial charge in [0.15, 0.2) is 0 Å². The Hall–Kier alpha value is -2.71. The number of carbonyl (C=O) groups excluding carboxylic acids is 2. The van der Waals surface area contributed by atoms with Crippen LogP contribution in [0.2, 0.25) is 0 Å². The van der Waals surface area contributed by atoms with E-state index in [1.165, 1.54) is 53.9 Å². The van der Waals surface area contributed by atoms with E-state index in [2.05, 4.69) is 4.74 Å². The fourth-order valence-corrected chi connectivity index (χ4v) is 4.39. The van der Waals surface area contributed by atoms with Gasteiger partial charge in [-0.2, -0.15) is 4.31 Å². The van der Waals surface area contributed by atoms with Gasteiger partial charge in [-0.1, -0.05) is 12.1 Å². The molecule has 0 atom stereocenters. The Morgan fingerprint density at radius 1 is 0.926 bits per heavy atom. The van der Waals surface area contributed by atoms with E-state index in [0.717, 1.165) is 12.8 Å². The molecule has 1 aliphatic rings. The predicted octanol–water partition coefficient (Wildman–Crippen LogP) is 2.48. The molecule has 142 valence electrons. The second kappa shape index (κ2) is 7.89. The minimum atomic E-state index is -3.62. The summed E-state index contributed by atoms with van der Waals surface area (Å²) in [6.07, 6.45) is 1.66. The quantitative estimate of drug-likeness (QED) is 0.576. The first kappa shape index (κ1) is 19.1. The number of nitrogens with zero attached hydrogens (tertiary/aromatic N) is 1. The molecule has 0 aromatic heterocycles. The van der Waals surface area contributed by atoms with Gasteiger partial charge >= 0.3 is 11.9 Å². The van der Waals surface area contributed by atoms with Crippen LogP contribution >= 0.6 is 0 Å². The van der Waals surface area contributed by atoms with Gasteiger partial charge in [0.2, 0.25) is 10.0 Å². The van der Waals surface area contributed by atoms with Gasteiger partial charge in [-0.15, -0.1) is 0 Å². The molecule has 2 aromatic carbocycles. The number of esters is 2. The first-order chi connectivity index (χ1) is 12.9. The van der Waals surface area contributed by atoms with Crippen LogP contribution in [0.5, 0.6) is 5.75 Å². The Labute approximate surface area is 157 Å². The summed E-state index contributed by atoms with van der Waals surface area (Å²) in [5.74, 6) is -1.10. The summed E-state index contributed by atoms with van der Waals surface area (Å²) >= 11 is 0. The van der Waals surface area contributed by atoms with Crippen LogP contribution in [0, 0.1) is 0 Å². The molecule has 0 amide bonds. The molecule has 3 rings (SSSR count). The first-order valence-corrected chi connectivity index (χ1v) is 9.86. The second-order valence-corrected chi connectivity index (χ2v) is 7.99. The third-order valence-corrected chi connectivity index (χ3v) is 6.13. The lowest BCUT2D eigenvalue weighted by atomic mass is 10.2. The van der Waals surface area contributed by atoms with E-state index in [1.54, 1.807) is 6.07 Å². The van der Waals surface area contributed by atoms with E-state index in [1.807, 2.05) is 0 Å². The predicted molar refractivity (Wildman–Crippen MR) is 97.2 cm³/mol. The highest BCUT2D eigenvalue weighted by atomic mass is 32.2. The molecule has 0 bridgehead atoms. The molecule has 0 aliphatic carbocycles. The summed E-state index contributed by atoms with van der Waals surface area (Å²) in [4.78, 5) is 24.0. The van der Waals surface area contributed by atoms with Crippen molar-refractivity contribution in [2.24, 2.45) is 0 Å². The molecule has 27 heavy (non-hydrogen) atoms. The average molecular weight is 389 g/mol. The number of ether oxygens (including phenoxy) is 2. The third kappa shape index (κ3) is 4.17. The lowest BCUT2D eigenvalue weighted by Crippen LogP contribution is -2.28. The number of methoxy groups -OCH3 is 1. The highest BCUT2D eigenvalue weighted by Gasteiger charge is 2.27. The lowest BCUT2D eigenvalue weighted by Gasteiger charge is -2.15. The third-order valence-electron chi connectivity index (χ3n) is 4.24. The van der Waals surface area contributed by atoms with E-state index in [0.29, 0.717) is 13.1 Å². The van der Waals surface area contributed by atoms with E-state index in [9.17, 15) is 18.0 Å². The Balaban J connectivity index is 1.81. The van der Waals surface area contributed by atoms with Gasteiger partial charge in [0.25, 0.3) is 0 Å². The number of benzene rings is 2. The Kier molecular flexibility index (Phi) is 5.57. The number of sulfonamides is 1. The number of rotatable bonds is 5. The minimum Gasteiger partial charge on any atom is -0.465 e. The summed E-state index contributed by atoms with van der Waals surface area (Å²) in [5.41, 5.74) is 0.354. The molecule has 0 saturated carbocycles. The van der Waals surface area contributed by atoms with Crippen molar-refractivity contribution in [1.82, 2.24) is 4.31 Å². The molecular weight excluding hydrogens is 370 g/mol. The van der Waals surface area contributed by atoms with Gasteiger partial charge < -0.3 is 9.47 Å². The molecule has 0 N–H and O–H groups in total. The van der Waals surface area contributed by atoms with Crippen molar-refractivity contribution >= 4 is 22.0 Å². The molecular formula is C19H19NO6S. The van der Waals surface area contributed by atoms with Crippen molar-refractivity contribution in [3.63, 3.8) is 0 Å². The van der Waals surface area contributed by atoms with Crippen LogP contribution in [-0.2, 0) is 14.8 Å². The first-order valence-electron chi connectivity index (χ1n) is 8.42. The minimum absolute atomic E-state index is 0.0576. The normalized spacial score (nSPS) is 14.7. The van der Waals surface area contributed by atoms with Crippen molar-refractivity contribution in [3.8, 4) is 5.75 Å². The molecule has 1 fully saturated rings. The molecule has 0 unspecified atom stereocenters. The van der Waals surface area contributed by atoms with Gasteiger partial charge in [-0.3, -0.25) is 0 Å². The van der Waals surface area contributed by atoms with Crippen molar-refractivity contribution in [3.05, 3.63) is 59.7 Å². The summed E-state index contributed by atoms with van der Waals surface area (Å²) < 4.78 is 36.6. The second-order valence-electron chi connectivity index (χ2n) is 6.05. The molecule has 7 nitrogen and oxygen atoms in total. The van der Waals surface area contributed by atoms with Gasteiger partial charge in [-0.25, -0.2) is 18.0 Å². The van der Waals surface area contributed by atoms with Crippen LogP contribution in [0.15, 0.2) is 53.4 Å². The summed E-state index contributed by atoms with van der Waals surface area (Å²) in [7, 11) is -2.37. The van der Waals surface area contributed by atoms with Crippen LogP contribution in [0.4, 0.5) is 0 Å². The summed E-state index contributed by atoms with van der Waals surface area (Å²) in [5, 5.41) is 0. The smallest absolute Gasteiger partial charge is 0.343 e. The summed E-state index contributed by atoms with van der Waals surface area (Å²) in [6.45, 7) is 0.967. The van der Waals surface area contributed by atoms with E-state index in [-0.39, 0.29) is 21.8 Å². The highest BCUT2D eigenvalue weighted by molar-refractivity contribution is 7.89. The van der Waals surface area contributed by atoms with Crippen LogP contribution in [0.1, 0.15) is 33.6 Å². The molecule has 1 aliphatic heterocycles. The van der Waals surface area contributed by atoms with Gasteiger partial charge in [-0.05, 0) is 49.2 Å². The van der Waals surface area contributed by atoms with Gasteiger partial charge in [0.1, 0.15) is 5.75 Å². The number of carbonyl (C=O) groups is 2. The van der Waals surface area contributed by atoms with Crippen LogP contribution in [0.3, 0.4) is 0 Å². The van der Waals surface area contributed by atoms with E-state index < -0.39 is 22.0 Å². The molecule has 1 heterocycles. The molecule has 0 spiro atoms. The highest BCUT2D eigenvalue weighted by Crippen LogP contribution is 2.22. The Morgan fingerprint density at radius 3 is 2.22 bits per heavy atom.